The molecule has 78 valence electrons. The lowest BCUT2D eigenvalue weighted by Crippen LogP contribution is -2.32. The molecule has 3 N–H and O–H groups in total. The molecule has 0 radical (unpaired) electrons. The molecule has 0 spiro atoms. The molecule has 0 aromatic carbocycles. The van der Waals surface area contributed by atoms with E-state index in [0.717, 1.165) is 6.42 Å². The van der Waals surface area contributed by atoms with Crippen molar-refractivity contribution >= 4 is 17.6 Å². The number of amides is 2. The Labute approximate surface area is 85.4 Å². The maximum Gasteiger partial charge on any atom is 0.233 e. The van der Waals surface area contributed by atoms with Gasteiger partial charge in [0.2, 0.25) is 11.8 Å². The van der Waals surface area contributed by atoms with Crippen LogP contribution in [0.2, 0.25) is 0 Å². The Balaban J connectivity index is 1.82. The third-order valence-corrected chi connectivity index (χ3v) is 3.04. The van der Waals surface area contributed by atoms with E-state index in [4.69, 9.17) is 5.73 Å². The van der Waals surface area contributed by atoms with Crippen molar-refractivity contribution in [1.82, 2.24) is 15.1 Å². The summed E-state index contributed by atoms with van der Waals surface area (Å²) in [5.41, 5.74) is 6.28. The number of fused-ring (bicyclic) bond motifs is 1. The van der Waals surface area contributed by atoms with Gasteiger partial charge in [0.25, 0.3) is 0 Å². The van der Waals surface area contributed by atoms with E-state index in [1.807, 2.05) is 0 Å². The average Bonchev–Trinajstić information content (AvgIpc) is 2.86. The van der Waals surface area contributed by atoms with E-state index in [1.54, 1.807) is 6.20 Å². The highest BCUT2D eigenvalue weighted by molar-refractivity contribution is 6.08. The number of likely N-dealkylation sites (tertiary alicyclic amines) is 1. The van der Waals surface area contributed by atoms with E-state index < -0.39 is 0 Å². The number of hydrogen-bond donors (Lipinski definition) is 2. The molecule has 6 heteroatoms. The van der Waals surface area contributed by atoms with Crippen LogP contribution in [0.5, 0.6) is 0 Å². The van der Waals surface area contributed by atoms with Gasteiger partial charge in [0.1, 0.15) is 5.82 Å². The highest BCUT2D eigenvalue weighted by Gasteiger charge is 2.58. The summed E-state index contributed by atoms with van der Waals surface area (Å²) < 4.78 is 0. The molecule has 1 aliphatic carbocycles. The smallest absolute Gasteiger partial charge is 0.233 e. The number of H-pyrrole nitrogens is 1. The van der Waals surface area contributed by atoms with Crippen LogP contribution >= 0.6 is 0 Å². The predicted octanol–water partition coefficient (Wildman–Crippen LogP) is -0.503. The lowest BCUT2D eigenvalue weighted by molar-refractivity contribution is -0.142. The van der Waals surface area contributed by atoms with E-state index in [2.05, 4.69) is 10.2 Å². The largest absolute Gasteiger partial charge is 0.384 e. The molecule has 2 atom stereocenters. The zero-order valence-electron chi connectivity index (χ0n) is 7.93. The van der Waals surface area contributed by atoms with Crippen molar-refractivity contribution < 1.29 is 9.59 Å². The Morgan fingerprint density at radius 1 is 1.47 bits per heavy atom. The summed E-state index contributed by atoms with van der Waals surface area (Å²) >= 11 is 0. The Bertz CT molecular complexity index is 433. The third kappa shape index (κ3) is 1.07. The number of hydrogen-bond acceptors (Lipinski definition) is 4. The lowest BCUT2D eigenvalue weighted by Gasteiger charge is -2.15. The van der Waals surface area contributed by atoms with Crippen molar-refractivity contribution in [2.24, 2.45) is 11.8 Å². The number of nitrogens with zero attached hydrogens (tertiary/aromatic N) is 2. The number of nitrogens with one attached hydrogen (secondary N) is 1. The van der Waals surface area contributed by atoms with Gasteiger partial charge in [-0.05, 0) is 6.42 Å². The van der Waals surface area contributed by atoms with Gasteiger partial charge in [-0.3, -0.25) is 19.6 Å². The highest BCUT2D eigenvalue weighted by Crippen LogP contribution is 2.47. The maximum atomic E-state index is 11.6. The van der Waals surface area contributed by atoms with Gasteiger partial charge in [-0.1, -0.05) is 0 Å². The number of imide groups is 1. The van der Waals surface area contributed by atoms with Crippen LogP contribution in [0.25, 0.3) is 0 Å². The second-order valence-corrected chi connectivity index (χ2v) is 4.02. The molecule has 15 heavy (non-hydrogen) atoms. The fraction of sp³-hybridized carbons (Fsp3) is 0.444. The van der Waals surface area contributed by atoms with Gasteiger partial charge in [-0.25, -0.2) is 0 Å². The third-order valence-electron chi connectivity index (χ3n) is 3.04. The Morgan fingerprint density at radius 3 is 2.67 bits per heavy atom. The van der Waals surface area contributed by atoms with Gasteiger partial charge >= 0.3 is 0 Å². The van der Waals surface area contributed by atoms with Gasteiger partial charge in [0.05, 0.1) is 24.6 Å². The van der Waals surface area contributed by atoms with Gasteiger partial charge < -0.3 is 5.73 Å². The van der Waals surface area contributed by atoms with Crippen molar-refractivity contribution in [3.05, 3.63) is 11.8 Å². The molecule has 2 amide bonds. The minimum Gasteiger partial charge on any atom is -0.384 e. The molecule has 2 unspecified atom stereocenters. The summed E-state index contributed by atoms with van der Waals surface area (Å²) in [6.45, 7) is 0.243. The van der Waals surface area contributed by atoms with Gasteiger partial charge in [0, 0.05) is 5.56 Å². The van der Waals surface area contributed by atoms with Crippen LogP contribution in [-0.2, 0) is 16.1 Å². The zero-order chi connectivity index (χ0) is 10.6. The summed E-state index contributed by atoms with van der Waals surface area (Å²) in [5, 5.41) is 6.32. The molecule has 2 aliphatic rings. The van der Waals surface area contributed by atoms with Crippen molar-refractivity contribution in [2.45, 2.75) is 13.0 Å². The molecule has 1 aromatic rings. The fourth-order valence-corrected chi connectivity index (χ4v) is 2.02. The SMILES string of the molecule is Nc1[nH]ncc1CN1C(=O)C2CC2C1=O. The first-order valence-electron chi connectivity index (χ1n) is 4.81. The molecular formula is C9H10N4O2. The standard InChI is InChI=1S/C9H10N4O2/c10-7-4(2-11-12-7)3-13-8(14)5-1-6(5)9(13)15/h2,5-6H,1,3H2,(H3,10,11,12). The van der Waals surface area contributed by atoms with Crippen molar-refractivity contribution in [3.63, 3.8) is 0 Å². The second-order valence-electron chi connectivity index (χ2n) is 4.02. The van der Waals surface area contributed by atoms with Crippen molar-refractivity contribution in [2.75, 3.05) is 5.73 Å². The quantitative estimate of drug-likeness (QED) is 0.638. The Kier molecular flexibility index (Phi) is 1.46. The topological polar surface area (TPSA) is 92.1 Å². The number of carbonyl (C=O) groups is 2. The Morgan fingerprint density at radius 2 is 2.13 bits per heavy atom. The molecule has 1 saturated carbocycles. The van der Waals surface area contributed by atoms with Crippen LogP contribution in [-0.4, -0.2) is 26.9 Å². The van der Waals surface area contributed by atoms with Gasteiger partial charge in [-0.2, -0.15) is 5.10 Å². The van der Waals surface area contributed by atoms with E-state index in [1.165, 1.54) is 4.90 Å². The maximum absolute atomic E-state index is 11.6. The van der Waals surface area contributed by atoms with Crippen molar-refractivity contribution in [3.8, 4) is 0 Å². The number of nitrogens with two attached hydrogens (primary N) is 1. The first kappa shape index (κ1) is 8.46. The van der Waals surface area contributed by atoms with E-state index >= 15 is 0 Å². The Hall–Kier alpha value is -1.85. The van der Waals surface area contributed by atoms with Crippen LogP contribution in [0.4, 0.5) is 5.82 Å². The first-order valence-corrected chi connectivity index (χ1v) is 4.81. The fourth-order valence-electron chi connectivity index (χ4n) is 2.02. The number of nitrogen functional groups attached to an aromatic ring is 1. The molecule has 3 rings (SSSR count). The molecule has 1 aromatic heterocycles. The van der Waals surface area contributed by atoms with Crippen LogP contribution < -0.4 is 5.73 Å². The summed E-state index contributed by atoms with van der Waals surface area (Å²) in [4.78, 5) is 24.5. The van der Waals surface area contributed by atoms with Crippen LogP contribution in [0.1, 0.15) is 12.0 Å². The molecule has 6 nitrogen and oxygen atoms in total. The van der Waals surface area contributed by atoms with Crippen molar-refractivity contribution in [1.29, 1.82) is 0 Å². The number of piperidine rings is 1. The van der Waals surface area contributed by atoms with E-state index in [-0.39, 0.29) is 30.2 Å². The molecular weight excluding hydrogens is 196 g/mol. The minimum atomic E-state index is -0.0643. The molecule has 0 bridgehead atoms. The number of anilines is 1. The summed E-state index contributed by atoms with van der Waals surface area (Å²) in [6.07, 6.45) is 2.27. The second kappa shape index (κ2) is 2.59. The lowest BCUT2D eigenvalue weighted by atomic mass is 10.3. The minimum absolute atomic E-state index is 0.0503. The van der Waals surface area contributed by atoms with Gasteiger partial charge in [-0.15, -0.1) is 0 Å². The van der Waals surface area contributed by atoms with Gasteiger partial charge in [0.15, 0.2) is 0 Å². The molecule has 1 saturated heterocycles. The monoisotopic (exact) mass is 206 g/mol. The normalized spacial score (nSPS) is 28.4. The summed E-state index contributed by atoms with van der Waals surface area (Å²) in [7, 11) is 0. The summed E-state index contributed by atoms with van der Waals surface area (Å²) in [6, 6.07) is 0. The van der Waals surface area contributed by atoms with Crippen LogP contribution in [0, 0.1) is 11.8 Å². The highest BCUT2D eigenvalue weighted by atomic mass is 16.2. The predicted molar refractivity (Wildman–Crippen MR) is 50.2 cm³/mol. The molecule has 1 aliphatic heterocycles. The van der Waals surface area contributed by atoms with Crippen LogP contribution in [0.3, 0.4) is 0 Å². The van der Waals surface area contributed by atoms with E-state index in [9.17, 15) is 9.59 Å². The molecule has 2 heterocycles. The average molecular weight is 206 g/mol. The summed E-state index contributed by atoms with van der Waals surface area (Å²) in [5.74, 6) is 0.184. The first-order chi connectivity index (χ1) is 7.18. The zero-order valence-corrected chi connectivity index (χ0v) is 7.93. The number of rotatable bonds is 2. The van der Waals surface area contributed by atoms with E-state index in [0.29, 0.717) is 11.4 Å². The molecule has 2 fully saturated rings. The number of aromatic nitrogens is 2. The van der Waals surface area contributed by atoms with Crippen LogP contribution in [0.15, 0.2) is 6.20 Å². The number of aromatic amines is 1. The number of carbonyl (C=O) groups excluding carboxylic acids is 2.